The first-order valence-electron chi connectivity index (χ1n) is 7.42. The van der Waals surface area contributed by atoms with Crippen LogP contribution in [0.4, 0.5) is 10.7 Å². The van der Waals surface area contributed by atoms with E-state index in [1.54, 1.807) is 7.11 Å². The maximum atomic E-state index is 12.4. The van der Waals surface area contributed by atoms with Crippen molar-refractivity contribution < 1.29 is 14.3 Å². The molecule has 1 saturated heterocycles. The summed E-state index contributed by atoms with van der Waals surface area (Å²) in [6.45, 7) is 5.69. The summed E-state index contributed by atoms with van der Waals surface area (Å²) in [5.41, 5.74) is 6.66. The second-order valence-corrected chi connectivity index (χ2v) is 6.98. The molecule has 1 aliphatic carbocycles. The number of carbonyl (C=O) groups is 1. The van der Waals surface area contributed by atoms with Crippen LogP contribution in [0.15, 0.2) is 0 Å². The van der Waals surface area contributed by atoms with Gasteiger partial charge in [-0.15, -0.1) is 11.3 Å². The van der Waals surface area contributed by atoms with Crippen LogP contribution in [0, 0.1) is 5.92 Å². The molecule has 0 radical (unpaired) electrons. The molecular formula is C15H22N2O3S. The number of ether oxygens (including phenoxy) is 2. The van der Waals surface area contributed by atoms with Crippen LogP contribution in [0.2, 0.25) is 0 Å². The highest BCUT2D eigenvalue weighted by Crippen LogP contribution is 2.48. The molecule has 2 aliphatic rings. The molecule has 1 aliphatic heterocycles. The van der Waals surface area contributed by atoms with E-state index < -0.39 is 0 Å². The monoisotopic (exact) mass is 310 g/mol. The summed E-state index contributed by atoms with van der Waals surface area (Å²) in [4.78, 5) is 15.2. The normalized spacial score (nSPS) is 26.0. The lowest BCUT2D eigenvalue weighted by molar-refractivity contribution is -0.00510. The van der Waals surface area contributed by atoms with Gasteiger partial charge < -0.3 is 20.1 Å². The molecule has 2 atom stereocenters. The van der Waals surface area contributed by atoms with E-state index in [-0.39, 0.29) is 23.9 Å². The van der Waals surface area contributed by atoms with E-state index in [4.69, 9.17) is 15.2 Å². The van der Waals surface area contributed by atoms with E-state index >= 15 is 0 Å². The Morgan fingerprint density at radius 1 is 1.33 bits per heavy atom. The van der Waals surface area contributed by atoms with Crippen molar-refractivity contribution >= 4 is 27.8 Å². The fraction of sp³-hybridized carbons (Fsp3) is 0.667. The van der Waals surface area contributed by atoms with E-state index in [9.17, 15) is 4.79 Å². The van der Waals surface area contributed by atoms with Gasteiger partial charge in [0.15, 0.2) is 11.5 Å². The van der Waals surface area contributed by atoms with Crippen LogP contribution in [0.25, 0.3) is 0 Å². The van der Waals surface area contributed by atoms with E-state index in [1.165, 1.54) is 11.3 Å². The number of ketones is 1. The molecule has 116 valence electrons. The zero-order chi connectivity index (χ0) is 15.1. The molecule has 0 aromatic carbocycles. The van der Waals surface area contributed by atoms with E-state index in [0.717, 1.165) is 30.9 Å². The predicted molar refractivity (Wildman–Crippen MR) is 84.6 cm³/mol. The number of hydrogen-bond acceptors (Lipinski definition) is 6. The van der Waals surface area contributed by atoms with Gasteiger partial charge in [-0.3, -0.25) is 4.79 Å². The van der Waals surface area contributed by atoms with Crippen LogP contribution >= 0.6 is 11.3 Å². The second kappa shape index (κ2) is 5.50. The van der Waals surface area contributed by atoms with Crippen molar-refractivity contribution in [3.63, 3.8) is 0 Å². The Kier molecular flexibility index (Phi) is 3.84. The Morgan fingerprint density at radius 3 is 2.48 bits per heavy atom. The first kappa shape index (κ1) is 14.7. The predicted octanol–water partition coefficient (Wildman–Crippen LogP) is 2.55. The number of carbonyl (C=O) groups excluding carboxylic acids is 1. The highest BCUT2D eigenvalue weighted by Gasteiger charge is 2.36. The van der Waals surface area contributed by atoms with Gasteiger partial charge >= 0.3 is 0 Å². The molecule has 0 amide bonds. The van der Waals surface area contributed by atoms with Crippen molar-refractivity contribution in [3.8, 4) is 5.75 Å². The first-order chi connectivity index (χ1) is 10.0. The average Bonchev–Trinajstić information content (AvgIpc) is 3.21. The molecule has 2 N–H and O–H groups in total. The second-order valence-electron chi connectivity index (χ2n) is 5.98. The van der Waals surface area contributed by atoms with Gasteiger partial charge in [0.1, 0.15) is 5.00 Å². The van der Waals surface area contributed by atoms with Gasteiger partial charge in [-0.1, -0.05) is 0 Å². The lowest BCUT2D eigenvalue weighted by Gasteiger charge is -2.36. The number of Topliss-reactive ketones (excluding diaryl/α,β-unsaturated/α-hetero) is 1. The molecule has 0 spiro atoms. The van der Waals surface area contributed by atoms with E-state index in [2.05, 4.69) is 18.7 Å². The standard InChI is InChI=1S/C15H22N2O3S/c1-8-6-17(7-9(2)20-8)15-13(19-3)11(16)14(21-15)12(18)10-4-5-10/h8-10H,4-7,16H2,1-3H3. The van der Waals surface area contributed by atoms with Gasteiger partial charge in [-0.25, -0.2) is 0 Å². The van der Waals surface area contributed by atoms with E-state index in [0.29, 0.717) is 16.3 Å². The maximum Gasteiger partial charge on any atom is 0.178 e. The molecule has 5 nitrogen and oxygen atoms in total. The zero-order valence-corrected chi connectivity index (χ0v) is 13.5. The third-order valence-corrected chi connectivity index (χ3v) is 5.23. The molecule has 1 aromatic heterocycles. The smallest absolute Gasteiger partial charge is 0.178 e. The molecule has 21 heavy (non-hydrogen) atoms. The number of methoxy groups -OCH3 is 1. The molecule has 2 unspecified atom stereocenters. The number of morpholine rings is 1. The molecular weight excluding hydrogens is 288 g/mol. The van der Waals surface area contributed by atoms with Crippen LogP contribution in [0.1, 0.15) is 36.4 Å². The van der Waals surface area contributed by atoms with Crippen LogP contribution in [-0.2, 0) is 4.74 Å². The molecule has 1 aromatic rings. The first-order valence-corrected chi connectivity index (χ1v) is 8.23. The molecule has 2 heterocycles. The number of rotatable bonds is 4. The van der Waals surface area contributed by atoms with Gasteiger partial charge in [0.25, 0.3) is 0 Å². The van der Waals surface area contributed by atoms with Crippen molar-refractivity contribution in [1.82, 2.24) is 0 Å². The number of hydrogen-bond donors (Lipinski definition) is 1. The Morgan fingerprint density at radius 2 is 1.95 bits per heavy atom. The average molecular weight is 310 g/mol. The fourth-order valence-electron chi connectivity index (χ4n) is 2.88. The highest BCUT2D eigenvalue weighted by molar-refractivity contribution is 7.19. The molecule has 2 fully saturated rings. The maximum absolute atomic E-state index is 12.4. The quantitative estimate of drug-likeness (QED) is 0.866. The zero-order valence-electron chi connectivity index (χ0n) is 12.7. The Balaban J connectivity index is 1.93. The Bertz CT molecular complexity index is 543. The summed E-state index contributed by atoms with van der Waals surface area (Å²) < 4.78 is 11.2. The van der Waals surface area contributed by atoms with Crippen LogP contribution in [0.3, 0.4) is 0 Å². The summed E-state index contributed by atoms with van der Waals surface area (Å²) >= 11 is 1.47. The summed E-state index contributed by atoms with van der Waals surface area (Å²) in [5.74, 6) is 0.993. The topological polar surface area (TPSA) is 64.8 Å². The lowest BCUT2D eigenvalue weighted by Crippen LogP contribution is -2.45. The van der Waals surface area contributed by atoms with Gasteiger partial charge in [0, 0.05) is 19.0 Å². The fourth-order valence-corrected chi connectivity index (χ4v) is 4.11. The van der Waals surface area contributed by atoms with Crippen LogP contribution < -0.4 is 15.4 Å². The molecule has 1 saturated carbocycles. The number of nitrogens with two attached hydrogens (primary N) is 1. The number of thiophene rings is 1. The Hall–Kier alpha value is -1.27. The minimum atomic E-state index is 0.157. The number of nitrogen functional groups attached to an aromatic ring is 1. The highest BCUT2D eigenvalue weighted by atomic mass is 32.1. The van der Waals surface area contributed by atoms with Gasteiger partial charge in [-0.2, -0.15) is 0 Å². The summed E-state index contributed by atoms with van der Waals surface area (Å²) in [7, 11) is 1.61. The Labute approximate surface area is 129 Å². The van der Waals surface area contributed by atoms with Gasteiger partial charge in [-0.05, 0) is 26.7 Å². The van der Waals surface area contributed by atoms with Crippen molar-refractivity contribution in [2.75, 3.05) is 30.8 Å². The summed E-state index contributed by atoms with van der Waals surface area (Å²) in [6.07, 6.45) is 2.28. The SMILES string of the molecule is COc1c(N2CC(C)OC(C)C2)sc(C(=O)C2CC2)c1N. The summed E-state index contributed by atoms with van der Waals surface area (Å²) in [5, 5.41) is 0.959. The third-order valence-electron chi connectivity index (χ3n) is 3.97. The molecule has 6 heteroatoms. The third kappa shape index (κ3) is 2.74. The minimum Gasteiger partial charge on any atom is -0.492 e. The van der Waals surface area contributed by atoms with Crippen molar-refractivity contribution in [2.24, 2.45) is 5.92 Å². The largest absolute Gasteiger partial charge is 0.492 e. The van der Waals surface area contributed by atoms with Crippen molar-refractivity contribution in [1.29, 1.82) is 0 Å². The number of anilines is 2. The summed E-state index contributed by atoms with van der Waals surface area (Å²) in [6, 6.07) is 0. The van der Waals surface area contributed by atoms with E-state index in [1.807, 2.05) is 0 Å². The van der Waals surface area contributed by atoms with Crippen molar-refractivity contribution in [3.05, 3.63) is 4.88 Å². The van der Waals surface area contributed by atoms with Crippen molar-refractivity contribution in [2.45, 2.75) is 38.9 Å². The molecule has 0 bridgehead atoms. The molecule has 3 rings (SSSR count). The van der Waals surface area contributed by atoms with Gasteiger partial charge in [0.05, 0.1) is 29.9 Å². The number of nitrogens with zero attached hydrogens (tertiary/aromatic N) is 1. The van der Waals surface area contributed by atoms with Crippen LogP contribution in [-0.4, -0.2) is 38.2 Å². The van der Waals surface area contributed by atoms with Crippen LogP contribution in [0.5, 0.6) is 5.75 Å². The van der Waals surface area contributed by atoms with Gasteiger partial charge in [0.2, 0.25) is 0 Å². The minimum absolute atomic E-state index is 0.157. The lowest BCUT2D eigenvalue weighted by atomic mass is 10.2.